The van der Waals surface area contributed by atoms with Crippen LogP contribution < -0.4 is 10.2 Å². The molecule has 0 aliphatic heterocycles. The van der Waals surface area contributed by atoms with Crippen molar-refractivity contribution in [3.05, 3.63) is 64.7 Å². The van der Waals surface area contributed by atoms with E-state index in [0.717, 1.165) is 42.9 Å². The number of hydrogen-bond acceptors (Lipinski definition) is 5. The van der Waals surface area contributed by atoms with E-state index >= 15 is 0 Å². The van der Waals surface area contributed by atoms with Crippen LogP contribution in [-0.2, 0) is 11.4 Å². The molecule has 5 atom stereocenters. The molecule has 0 saturated heterocycles. The van der Waals surface area contributed by atoms with Crippen molar-refractivity contribution < 1.29 is 28.6 Å². The largest absolute Gasteiger partial charge is 0.504 e. The molecule has 0 unspecified atom stereocenters. The van der Waals surface area contributed by atoms with Crippen LogP contribution in [0.3, 0.4) is 0 Å². The third-order valence-corrected chi connectivity index (χ3v) is 8.03. The lowest BCUT2D eigenvalue weighted by molar-refractivity contribution is -0.00878. The number of aromatic hydroxyl groups is 1. The normalized spacial score (nSPS) is 30.2. The molecule has 2 saturated carbocycles. The number of phenols is 1. The SMILES string of the molecule is COc1cc2c(cc1O)C(NOCc1cc(F)cc(F)c1)=C[C@@H]1[C@@H]2CC[C@]2(C)[C@@H](O)CC[C@@H]12. The van der Waals surface area contributed by atoms with E-state index < -0.39 is 11.6 Å². The maximum absolute atomic E-state index is 13.5. The average Bonchev–Trinajstić information content (AvgIpc) is 3.07. The molecular weight excluding hydrogens is 428 g/mol. The van der Waals surface area contributed by atoms with E-state index in [0.29, 0.717) is 22.9 Å². The summed E-state index contributed by atoms with van der Waals surface area (Å²) in [7, 11) is 1.53. The Kier molecular flexibility index (Phi) is 5.57. The first kappa shape index (κ1) is 22.2. The van der Waals surface area contributed by atoms with E-state index in [9.17, 15) is 19.0 Å². The maximum atomic E-state index is 13.5. The fourth-order valence-electron chi connectivity index (χ4n) is 6.31. The van der Waals surface area contributed by atoms with Gasteiger partial charge >= 0.3 is 0 Å². The van der Waals surface area contributed by atoms with Gasteiger partial charge in [-0.3, -0.25) is 10.3 Å². The molecule has 5 nitrogen and oxygen atoms in total. The van der Waals surface area contributed by atoms with Crippen LogP contribution in [0.5, 0.6) is 11.5 Å². The molecule has 0 spiro atoms. The monoisotopic (exact) mass is 457 g/mol. The Morgan fingerprint density at radius 3 is 2.58 bits per heavy atom. The molecule has 176 valence electrons. The summed E-state index contributed by atoms with van der Waals surface area (Å²) in [5.74, 6) is -0.0837. The van der Waals surface area contributed by atoms with Crippen molar-refractivity contribution in [3.63, 3.8) is 0 Å². The fraction of sp³-hybridized carbons (Fsp3) is 0.462. The first-order valence-corrected chi connectivity index (χ1v) is 11.4. The van der Waals surface area contributed by atoms with Crippen molar-refractivity contribution in [3.8, 4) is 11.5 Å². The Labute approximate surface area is 192 Å². The first-order chi connectivity index (χ1) is 15.8. The number of aliphatic hydroxyl groups excluding tert-OH is 1. The number of fused-ring (bicyclic) bond motifs is 5. The molecule has 0 heterocycles. The van der Waals surface area contributed by atoms with Gasteiger partial charge in [-0.15, -0.1) is 0 Å². The highest BCUT2D eigenvalue weighted by atomic mass is 19.1. The van der Waals surface area contributed by atoms with Crippen LogP contribution in [0.2, 0.25) is 0 Å². The summed E-state index contributed by atoms with van der Waals surface area (Å²) in [4.78, 5) is 5.65. The van der Waals surface area contributed by atoms with Gasteiger partial charge in [0.1, 0.15) is 11.6 Å². The zero-order valence-corrected chi connectivity index (χ0v) is 18.8. The van der Waals surface area contributed by atoms with Crippen molar-refractivity contribution in [2.45, 2.75) is 51.2 Å². The van der Waals surface area contributed by atoms with Crippen molar-refractivity contribution in [2.24, 2.45) is 17.3 Å². The van der Waals surface area contributed by atoms with Crippen molar-refractivity contribution in [2.75, 3.05) is 7.11 Å². The van der Waals surface area contributed by atoms with Gasteiger partial charge in [-0.2, -0.15) is 0 Å². The van der Waals surface area contributed by atoms with Crippen molar-refractivity contribution in [1.82, 2.24) is 5.48 Å². The number of benzene rings is 2. The third kappa shape index (κ3) is 3.77. The zero-order chi connectivity index (χ0) is 23.3. The summed E-state index contributed by atoms with van der Waals surface area (Å²) in [6, 6.07) is 6.85. The quantitative estimate of drug-likeness (QED) is 0.550. The summed E-state index contributed by atoms with van der Waals surface area (Å²) >= 11 is 0. The summed E-state index contributed by atoms with van der Waals surface area (Å²) < 4.78 is 32.4. The molecule has 2 aromatic carbocycles. The highest BCUT2D eigenvalue weighted by Crippen LogP contribution is 2.61. The van der Waals surface area contributed by atoms with E-state index in [-0.39, 0.29) is 35.7 Å². The molecule has 3 aliphatic carbocycles. The second-order valence-electron chi connectivity index (χ2n) is 9.79. The molecular formula is C26H29F2NO4. The lowest BCUT2D eigenvalue weighted by atomic mass is 9.56. The second kappa shape index (κ2) is 8.29. The van der Waals surface area contributed by atoms with Gasteiger partial charge in [0.2, 0.25) is 0 Å². The molecule has 0 amide bonds. The lowest BCUT2D eigenvalue weighted by Gasteiger charge is -2.49. The minimum atomic E-state index is -0.656. The Hall–Kier alpha value is -2.64. The summed E-state index contributed by atoms with van der Waals surface area (Å²) in [6.45, 7) is 2.16. The Morgan fingerprint density at radius 1 is 1.09 bits per heavy atom. The van der Waals surface area contributed by atoms with Crippen LogP contribution in [-0.4, -0.2) is 23.4 Å². The Bertz CT molecular complexity index is 1080. The van der Waals surface area contributed by atoms with Gasteiger partial charge in [0, 0.05) is 11.6 Å². The predicted octanol–water partition coefficient (Wildman–Crippen LogP) is 5.03. The van der Waals surface area contributed by atoms with Crippen molar-refractivity contribution in [1.29, 1.82) is 0 Å². The molecule has 2 fully saturated rings. The van der Waals surface area contributed by atoms with Crippen molar-refractivity contribution >= 4 is 5.70 Å². The topological polar surface area (TPSA) is 71.0 Å². The van der Waals surface area contributed by atoms with Crippen LogP contribution >= 0.6 is 0 Å². The van der Waals surface area contributed by atoms with Crippen LogP contribution in [0.15, 0.2) is 36.4 Å². The van der Waals surface area contributed by atoms with E-state index in [4.69, 9.17) is 9.57 Å². The number of methoxy groups -OCH3 is 1. The molecule has 2 aromatic rings. The van der Waals surface area contributed by atoms with Gasteiger partial charge in [0.15, 0.2) is 11.5 Å². The number of hydrogen-bond donors (Lipinski definition) is 3. The number of phenolic OH excluding ortho intramolecular Hbond substituents is 1. The van der Waals surface area contributed by atoms with Gasteiger partial charge in [-0.1, -0.05) is 13.0 Å². The van der Waals surface area contributed by atoms with E-state index in [1.165, 1.54) is 19.2 Å². The standard InChI is InChI=1S/C26H29F2NO4/c1-26-6-5-17-18-12-24(32-2)23(30)11-20(18)22(10-19(17)21(26)3-4-25(26)31)29-33-13-14-7-15(27)9-16(28)8-14/h7-12,17,19,21,25,29-31H,3-6,13H2,1-2H3/t17-,19-,21+,25+,26+/m1/s1. The zero-order valence-electron chi connectivity index (χ0n) is 18.8. The number of nitrogens with one attached hydrogen (secondary N) is 1. The number of hydroxylamine groups is 1. The Balaban J connectivity index is 1.47. The number of ether oxygens (including phenoxy) is 1. The fourth-order valence-corrected chi connectivity index (χ4v) is 6.31. The van der Waals surface area contributed by atoms with Gasteiger partial charge in [-0.25, -0.2) is 8.78 Å². The van der Waals surface area contributed by atoms with Gasteiger partial charge in [0.05, 0.1) is 25.5 Å². The number of halogens is 2. The number of rotatable bonds is 5. The smallest absolute Gasteiger partial charge is 0.160 e. The predicted molar refractivity (Wildman–Crippen MR) is 119 cm³/mol. The average molecular weight is 458 g/mol. The minimum absolute atomic E-state index is 0.0303. The van der Waals surface area contributed by atoms with Crippen LogP contribution in [0.4, 0.5) is 8.78 Å². The van der Waals surface area contributed by atoms with Crippen LogP contribution in [0, 0.1) is 28.9 Å². The highest BCUT2D eigenvalue weighted by molar-refractivity contribution is 5.72. The molecule has 0 bridgehead atoms. The summed E-state index contributed by atoms with van der Waals surface area (Å²) in [6.07, 6.45) is 5.48. The minimum Gasteiger partial charge on any atom is -0.504 e. The van der Waals surface area contributed by atoms with E-state index in [1.807, 2.05) is 6.07 Å². The molecule has 0 aromatic heterocycles. The lowest BCUT2D eigenvalue weighted by Crippen LogP contribution is -2.43. The number of allylic oxidation sites excluding steroid dienone is 1. The molecule has 3 N–H and O–H groups in total. The van der Waals surface area contributed by atoms with E-state index in [2.05, 4.69) is 18.5 Å². The first-order valence-electron chi connectivity index (χ1n) is 11.4. The van der Waals surface area contributed by atoms with Gasteiger partial charge in [0.25, 0.3) is 0 Å². The molecule has 5 rings (SSSR count). The molecule has 0 radical (unpaired) electrons. The third-order valence-electron chi connectivity index (χ3n) is 8.03. The molecule has 3 aliphatic rings. The van der Waals surface area contributed by atoms with Crippen LogP contribution in [0.1, 0.15) is 55.2 Å². The molecule has 33 heavy (non-hydrogen) atoms. The summed E-state index contributed by atoms with van der Waals surface area (Å²) in [5, 5.41) is 21.1. The number of aliphatic hydroxyl groups is 1. The van der Waals surface area contributed by atoms with Gasteiger partial charge < -0.3 is 14.9 Å². The van der Waals surface area contributed by atoms with Gasteiger partial charge in [-0.05, 0) is 84.2 Å². The summed E-state index contributed by atoms with van der Waals surface area (Å²) in [5.41, 5.74) is 5.81. The second-order valence-corrected chi connectivity index (χ2v) is 9.79. The Morgan fingerprint density at radius 2 is 1.85 bits per heavy atom. The highest BCUT2D eigenvalue weighted by Gasteiger charge is 2.54. The van der Waals surface area contributed by atoms with E-state index in [1.54, 1.807) is 6.07 Å². The molecule has 7 heteroatoms. The van der Waals surface area contributed by atoms with Crippen LogP contribution in [0.25, 0.3) is 5.70 Å². The maximum Gasteiger partial charge on any atom is 0.160 e.